The Balaban J connectivity index is 1.77. The van der Waals surface area contributed by atoms with Gasteiger partial charge in [-0.1, -0.05) is 19.1 Å². The Morgan fingerprint density at radius 2 is 1.96 bits per heavy atom. The highest BCUT2D eigenvalue weighted by molar-refractivity contribution is 6.02. The van der Waals surface area contributed by atoms with Crippen molar-refractivity contribution in [1.82, 2.24) is 5.32 Å². The molecule has 0 bridgehead atoms. The van der Waals surface area contributed by atoms with Gasteiger partial charge in [0.1, 0.15) is 0 Å². The number of carbonyl (C=O) groups excluding carboxylic acids is 2. The molecule has 2 amide bonds. The van der Waals surface area contributed by atoms with Crippen molar-refractivity contribution in [2.75, 3.05) is 49.2 Å². The van der Waals surface area contributed by atoms with Crippen LogP contribution >= 0.6 is 0 Å². The topological polar surface area (TPSA) is 61.9 Å². The Morgan fingerprint density at radius 3 is 2.67 bits per heavy atom. The second-order valence-electron chi connectivity index (χ2n) is 6.28. The minimum atomic E-state index is -0.262. The average molecular weight is 331 g/mol. The van der Waals surface area contributed by atoms with Gasteiger partial charge in [-0.25, -0.2) is 0 Å². The molecule has 2 fully saturated rings. The largest absolute Gasteiger partial charge is 0.378 e. The smallest absolute Gasteiger partial charge is 0.227 e. The van der Waals surface area contributed by atoms with Crippen molar-refractivity contribution in [2.24, 2.45) is 5.92 Å². The molecule has 2 aliphatic heterocycles. The molecule has 1 atom stereocenters. The Labute approximate surface area is 142 Å². The van der Waals surface area contributed by atoms with Crippen LogP contribution in [0.2, 0.25) is 0 Å². The van der Waals surface area contributed by atoms with Crippen LogP contribution in [0.3, 0.4) is 0 Å². The van der Waals surface area contributed by atoms with Gasteiger partial charge < -0.3 is 19.9 Å². The first-order valence-corrected chi connectivity index (χ1v) is 8.70. The van der Waals surface area contributed by atoms with E-state index in [9.17, 15) is 9.59 Å². The number of nitrogens with one attached hydrogen (secondary N) is 1. The number of benzene rings is 1. The number of para-hydroxylation sites is 2. The number of anilines is 2. The van der Waals surface area contributed by atoms with Crippen LogP contribution in [0.15, 0.2) is 24.3 Å². The van der Waals surface area contributed by atoms with E-state index in [2.05, 4.69) is 10.2 Å². The summed E-state index contributed by atoms with van der Waals surface area (Å²) in [5, 5.41) is 2.90. The average Bonchev–Trinajstić information content (AvgIpc) is 3.02. The molecule has 0 aliphatic carbocycles. The molecule has 24 heavy (non-hydrogen) atoms. The summed E-state index contributed by atoms with van der Waals surface area (Å²) >= 11 is 0. The molecule has 0 radical (unpaired) electrons. The lowest BCUT2D eigenvalue weighted by molar-refractivity contribution is -0.126. The van der Waals surface area contributed by atoms with Crippen LogP contribution < -0.4 is 15.1 Å². The van der Waals surface area contributed by atoms with Gasteiger partial charge in [-0.3, -0.25) is 9.59 Å². The van der Waals surface area contributed by atoms with E-state index in [4.69, 9.17) is 4.74 Å². The normalized spacial score (nSPS) is 21.2. The fraction of sp³-hybridized carbons (Fsp3) is 0.556. The fourth-order valence-electron chi connectivity index (χ4n) is 3.27. The summed E-state index contributed by atoms with van der Waals surface area (Å²) in [7, 11) is 0. The van der Waals surface area contributed by atoms with Crippen molar-refractivity contribution in [3.05, 3.63) is 24.3 Å². The standard InChI is InChI=1S/C18H25N3O3/c1-2-7-19-18(23)14-12-17(22)21(13-14)16-6-4-3-5-15(16)20-8-10-24-11-9-20/h3-6,14H,2,7-13H2,1H3,(H,19,23). The van der Waals surface area contributed by atoms with E-state index in [1.165, 1.54) is 0 Å². The first-order chi connectivity index (χ1) is 11.7. The number of amides is 2. The van der Waals surface area contributed by atoms with Gasteiger partial charge in [0.05, 0.1) is 30.5 Å². The predicted molar refractivity (Wildman–Crippen MR) is 93.2 cm³/mol. The Hall–Kier alpha value is -2.08. The summed E-state index contributed by atoms with van der Waals surface area (Å²) in [4.78, 5) is 28.7. The number of hydrogen-bond donors (Lipinski definition) is 1. The summed E-state index contributed by atoms with van der Waals surface area (Å²) < 4.78 is 5.42. The van der Waals surface area contributed by atoms with Crippen LogP contribution in [0.25, 0.3) is 0 Å². The molecule has 0 saturated carbocycles. The van der Waals surface area contributed by atoms with E-state index in [-0.39, 0.29) is 24.2 Å². The molecule has 130 valence electrons. The molecule has 1 aromatic rings. The van der Waals surface area contributed by atoms with Crippen LogP contribution in [-0.4, -0.2) is 51.2 Å². The number of nitrogens with zero attached hydrogens (tertiary/aromatic N) is 2. The highest BCUT2D eigenvalue weighted by Gasteiger charge is 2.36. The summed E-state index contributed by atoms with van der Waals surface area (Å²) in [6.07, 6.45) is 1.18. The summed E-state index contributed by atoms with van der Waals surface area (Å²) in [6.45, 7) is 6.17. The molecule has 6 heteroatoms. The predicted octanol–water partition coefficient (Wildman–Crippen LogP) is 1.40. The summed E-state index contributed by atoms with van der Waals surface area (Å²) in [6, 6.07) is 7.94. The molecular weight excluding hydrogens is 306 g/mol. The second kappa shape index (κ2) is 7.66. The Bertz CT molecular complexity index is 599. The van der Waals surface area contributed by atoms with Crippen molar-refractivity contribution in [1.29, 1.82) is 0 Å². The third-order valence-corrected chi connectivity index (χ3v) is 4.57. The van der Waals surface area contributed by atoms with Crippen LogP contribution in [-0.2, 0) is 14.3 Å². The molecule has 2 saturated heterocycles. The van der Waals surface area contributed by atoms with Crippen molar-refractivity contribution < 1.29 is 14.3 Å². The molecule has 1 aromatic carbocycles. The molecule has 0 spiro atoms. The summed E-state index contributed by atoms with van der Waals surface area (Å²) in [5.41, 5.74) is 1.94. The van der Waals surface area contributed by atoms with Crippen molar-refractivity contribution in [2.45, 2.75) is 19.8 Å². The van der Waals surface area contributed by atoms with Gasteiger partial charge in [0.25, 0.3) is 0 Å². The molecule has 0 aromatic heterocycles. The van der Waals surface area contributed by atoms with Crippen LogP contribution in [0.1, 0.15) is 19.8 Å². The minimum absolute atomic E-state index is 0.0171. The monoisotopic (exact) mass is 331 g/mol. The number of ether oxygens (including phenoxy) is 1. The quantitative estimate of drug-likeness (QED) is 0.886. The first-order valence-electron chi connectivity index (χ1n) is 8.70. The zero-order valence-corrected chi connectivity index (χ0v) is 14.2. The summed E-state index contributed by atoms with van der Waals surface area (Å²) in [5.74, 6) is -0.259. The van der Waals surface area contributed by atoms with Gasteiger partial charge in [-0.15, -0.1) is 0 Å². The maximum atomic E-state index is 12.5. The number of hydrogen-bond acceptors (Lipinski definition) is 4. The lowest BCUT2D eigenvalue weighted by Crippen LogP contribution is -2.38. The van der Waals surface area contributed by atoms with E-state index < -0.39 is 0 Å². The van der Waals surface area contributed by atoms with Gasteiger partial charge in [0.15, 0.2) is 0 Å². The van der Waals surface area contributed by atoms with Gasteiger partial charge in [0.2, 0.25) is 11.8 Å². The third kappa shape index (κ3) is 3.53. The van der Waals surface area contributed by atoms with Crippen LogP contribution in [0, 0.1) is 5.92 Å². The van der Waals surface area contributed by atoms with Crippen molar-refractivity contribution >= 4 is 23.2 Å². The zero-order chi connectivity index (χ0) is 16.9. The molecule has 1 N–H and O–H groups in total. The van der Waals surface area contributed by atoms with Gasteiger partial charge in [-0.05, 0) is 18.6 Å². The lowest BCUT2D eigenvalue weighted by atomic mass is 10.1. The van der Waals surface area contributed by atoms with E-state index in [1.807, 2.05) is 31.2 Å². The van der Waals surface area contributed by atoms with Gasteiger partial charge >= 0.3 is 0 Å². The lowest BCUT2D eigenvalue weighted by Gasteiger charge is -2.32. The molecule has 1 unspecified atom stereocenters. The SMILES string of the molecule is CCCNC(=O)C1CC(=O)N(c2ccccc2N2CCOCC2)C1. The zero-order valence-electron chi connectivity index (χ0n) is 14.2. The van der Waals surface area contributed by atoms with E-state index in [0.717, 1.165) is 30.9 Å². The van der Waals surface area contributed by atoms with Crippen molar-refractivity contribution in [3.63, 3.8) is 0 Å². The molecule has 2 aliphatic rings. The number of rotatable bonds is 5. The highest BCUT2D eigenvalue weighted by atomic mass is 16.5. The minimum Gasteiger partial charge on any atom is -0.378 e. The van der Waals surface area contributed by atoms with E-state index in [1.54, 1.807) is 4.90 Å². The number of morpholine rings is 1. The van der Waals surface area contributed by atoms with Gasteiger partial charge in [-0.2, -0.15) is 0 Å². The van der Waals surface area contributed by atoms with Gasteiger partial charge in [0, 0.05) is 32.6 Å². The van der Waals surface area contributed by atoms with E-state index in [0.29, 0.717) is 26.3 Å². The maximum Gasteiger partial charge on any atom is 0.227 e. The molecular formula is C18H25N3O3. The number of carbonyl (C=O) groups is 2. The Kier molecular flexibility index (Phi) is 5.35. The highest BCUT2D eigenvalue weighted by Crippen LogP contribution is 2.34. The van der Waals surface area contributed by atoms with E-state index >= 15 is 0 Å². The van der Waals surface area contributed by atoms with Crippen LogP contribution in [0.5, 0.6) is 0 Å². The van der Waals surface area contributed by atoms with Crippen LogP contribution in [0.4, 0.5) is 11.4 Å². The first kappa shape index (κ1) is 16.8. The molecule has 2 heterocycles. The maximum absolute atomic E-state index is 12.5. The molecule has 3 rings (SSSR count). The second-order valence-corrected chi connectivity index (χ2v) is 6.28. The Morgan fingerprint density at radius 1 is 1.25 bits per heavy atom. The fourth-order valence-corrected chi connectivity index (χ4v) is 3.27. The van der Waals surface area contributed by atoms with Crippen molar-refractivity contribution in [3.8, 4) is 0 Å². The molecule has 6 nitrogen and oxygen atoms in total. The third-order valence-electron chi connectivity index (χ3n) is 4.57.